The molecule has 3 atom stereocenters. The molecule has 0 aliphatic carbocycles. The molecule has 1 aliphatic rings. The first-order chi connectivity index (χ1) is 23.1. The molecule has 0 saturated carbocycles. The van der Waals surface area contributed by atoms with Crippen molar-refractivity contribution in [2.24, 2.45) is 0 Å². The van der Waals surface area contributed by atoms with Gasteiger partial charge in [0.1, 0.15) is 17.9 Å². The fourth-order valence-electron chi connectivity index (χ4n) is 6.37. The number of esters is 1. The van der Waals surface area contributed by atoms with Gasteiger partial charge in [-0.25, -0.2) is 4.79 Å². The SMILES string of the molecule is CC[C@H](C(=O)N1CCCC[C@H]1C(=O)O[C@@H](CCc1ccc(C)c(C)c1)c1cccc(OCC(=O)NC)c1)c1cc(C)c(OC)c(OC)c1. The monoisotopic (exact) mass is 658 g/mol. The van der Waals surface area contributed by atoms with Gasteiger partial charge in [-0.15, -0.1) is 0 Å². The van der Waals surface area contributed by atoms with Crippen LogP contribution in [-0.2, 0) is 25.5 Å². The number of ether oxygens (including phenoxy) is 4. The fraction of sp³-hybridized carbons (Fsp3) is 0.462. The van der Waals surface area contributed by atoms with Gasteiger partial charge in [-0.05, 0) is 111 Å². The maximum absolute atomic E-state index is 14.2. The van der Waals surface area contributed by atoms with Crippen LogP contribution in [0.1, 0.15) is 84.4 Å². The molecule has 0 aromatic heterocycles. The lowest BCUT2D eigenvalue weighted by molar-refractivity contribution is -0.162. The summed E-state index contributed by atoms with van der Waals surface area (Å²) in [6.07, 6.45) is 3.38. The van der Waals surface area contributed by atoms with E-state index in [2.05, 4.69) is 37.4 Å². The van der Waals surface area contributed by atoms with Gasteiger partial charge in [0.2, 0.25) is 5.91 Å². The Hall–Kier alpha value is -4.53. The van der Waals surface area contributed by atoms with Crippen molar-refractivity contribution in [1.82, 2.24) is 10.2 Å². The summed E-state index contributed by atoms with van der Waals surface area (Å²) in [7, 11) is 4.74. The van der Waals surface area contributed by atoms with E-state index in [1.165, 1.54) is 11.1 Å². The van der Waals surface area contributed by atoms with Crippen LogP contribution in [0, 0.1) is 20.8 Å². The number of carbonyl (C=O) groups excluding carboxylic acids is 3. The van der Waals surface area contributed by atoms with Crippen molar-refractivity contribution in [1.29, 1.82) is 0 Å². The van der Waals surface area contributed by atoms with Crippen molar-refractivity contribution in [2.45, 2.75) is 84.3 Å². The molecule has 9 heteroatoms. The maximum atomic E-state index is 14.2. The molecule has 4 rings (SSSR count). The molecule has 3 aromatic carbocycles. The first-order valence-electron chi connectivity index (χ1n) is 16.8. The van der Waals surface area contributed by atoms with Crippen molar-refractivity contribution in [2.75, 3.05) is 34.4 Å². The number of piperidine rings is 1. The Kier molecular flexibility index (Phi) is 12.9. The highest BCUT2D eigenvalue weighted by molar-refractivity contribution is 5.89. The third kappa shape index (κ3) is 8.88. The second kappa shape index (κ2) is 17.0. The van der Waals surface area contributed by atoms with E-state index in [9.17, 15) is 14.4 Å². The van der Waals surface area contributed by atoms with Gasteiger partial charge in [-0.1, -0.05) is 43.3 Å². The van der Waals surface area contributed by atoms with E-state index < -0.39 is 24.0 Å². The van der Waals surface area contributed by atoms with Crippen LogP contribution in [0.2, 0.25) is 0 Å². The Morgan fingerprint density at radius 3 is 2.40 bits per heavy atom. The van der Waals surface area contributed by atoms with Crippen LogP contribution >= 0.6 is 0 Å². The van der Waals surface area contributed by atoms with E-state index in [-0.39, 0.29) is 18.4 Å². The van der Waals surface area contributed by atoms with Crippen molar-refractivity contribution >= 4 is 17.8 Å². The van der Waals surface area contributed by atoms with E-state index in [1.807, 2.05) is 44.2 Å². The predicted octanol–water partition coefficient (Wildman–Crippen LogP) is 6.55. The highest BCUT2D eigenvalue weighted by atomic mass is 16.5. The van der Waals surface area contributed by atoms with E-state index in [4.69, 9.17) is 18.9 Å². The molecule has 1 heterocycles. The highest BCUT2D eigenvalue weighted by Crippen LogP contribution is 2.37. The molecule has 0 bridgehead atoms. The average Bonchev–Trinajstić information content (AvgIpc) is 3.10. The summed E-state index contributed by atoms with van der Waals surface area (Å²) in [5.41, 5.74) is 6.05. The van der Waals surface area contributed by atoms with Gasteiger partial charge in [-0.2, -0.15) is 0 Å². The number of likely N-dealkylation sites (tertiary alicyclic amines) is 1. The number of rotatable bonds is 14. The standard InChI is InChI=1S/C39H50N2O7/c1-8-32(30-21-27(4)37(46-7)35(23-30)45-6)38(43)41-19-10-9-14-33(41)39(44)48-34(18-17-28-16-15-25(2)26(3)20-28)29-12-11-13-31(22-29)47-24-36(42)40-5/h11-13,15-16,20-23,32-34H,8-10,14,17-19,24H2,1-7H3,(H,40,42)/t32-,33-,34-/m0/s1. The molecule has 1 saturated heterocycles. The van der Waals surface area contributed by atoms with Crippen molar-refractivity contribution < 1.29 is 33.3 Å². The number of aryl methyl sites for hydroxylation is 4. The molecule has 2 amide bonds. The number of hydrogen-bond acceptors (Lipinski definition) is 7. The molecular weight excluding hydrogens is 608 g/mol. The predicted molar refractivity (Wildman–Crippen MR) is 186 cm³/mol. The van der Waals surface area contributed by atoms with Gasteiger partial charge in [-0.3, -0.25) is 9.59 Å². The van der Waals surface area contributed by atoms with Gasteiger partial charge in [0.15, 0.2) is 18.1 Å². The molecule has 258 valence electrons. The van der Waals surface area contributed by atoms with Gasteiger partial charge in [0.25, 0.3) is 5.91 Å². The molecule has 3 aromatic rings. The van der Waals surface area contributed by atoms with Gasteiger partial charge in [0.05, 0.1) is 20.1 Å². The third-order valence-corrected chi connectivity index (χ3v) is 9.26. The Morgan fingerprint density at radius 2 is 1.71 bits per heavy atom. The van der Waals surface area contributed by atoms with Crippen LogP contribution in [0.3, 0.4) is 0 Å². The van der Waals surface area contributed by atoms with E-state index in [1.54, 1.807) is 32.2 Å². The lowest BCUT2D eigenvalue weighted by Gasteiger charge is -2.37. The number of benzene rings is 3. The number of carbonyl (C=O) groups is 3. The normalized spacial score (nSPS) is 15.6. The summed E-state index contributed by atoms with van der Waals surface area (Å²) >= 11 is 0. The number of likely N-dealkylation sites (N-methyl/N-ethyl adjacent to an activating group) is 1. The van der Waals surface area contributed by atoms with E-state index >= 15 is 0 Å². The molecule has 48 heavy (non-hydrogen) atoms. The lowest BCUT2D eigenvalue weighted by atomic mass is 9.91. The van der Waals surface area contributed by atoms with Crippen LogP contribution in [0.4, 0.5) is 0 Å². The second-order valence-corrected chi connectivity index (χ2v) is 12.5. The van der Waals surface area contributed by atoms with Crippen LogP contribution in [0.15, 0.2) is 54.6 Å². The van der Waals surface area contributed by atoms with E-state index in [0.717, 1.165) is 35.1 Å². The minimum atomic E-state index is -0.696. The van der Waals surface area contributed by atoms with Gasteiger partial charge < -0.3 is 29.2 Å². The molecule has 0 spiro atoms. The summed E-state index contributed by atoms with van der Waals surface area (Å²) in [5, 5.41) is 2.55. The molecule has 9 nitrogen and oxygen atoms in total. The van der Waals surface area contributed by atoms with Crippen LogP contribution < -0.4 is 19.5 Å². The van der Waals surface area contributed by atoms with Crippen LogP contribution in [-0.4, -0.2) is 63.1 Å². The maximum Gasteiger partial charge on any atom is 0.329 e. The van der Waals surface area contributed by atoms with E-state index in [0.29, 0.717) is 49.5 Å². The molecule has 1 fully saturated rings. The van der Waals surface area contributed by atoms with Crippen molar-refractivity contribution in [3.8, 4) is 17.2 Å². The Bertz CT molecular complexity index is 1590. The van der Waals surface area contributed by atoms with Crippen LogP contribution in [0.25, 0.3) is 0 Å². The lowest BCUT2D eigenvalue weighted by Crippen LogP contribution is -2.50. The Balaban J connectivity index is 1.59. The number of hydrogen-bond donors (Lipinski definition) is 1. The first kappa shape index (κ1) is 36.3. The van der Waals surface area contributed by atoms with Crippen molar-refractivity contribution in [3.63, 3.8) is 0 Å². The number of nitrogens with zero attached hydrogens (tertiary/aromatic N) is 1. The van der Waals surface area contributed by atoms with Gasteiger partial charge >= 0.3 is 5.97 Å². The molecule has 0 unspecified atom stereocenters. The second-order valence-electron chi connectivity index (χ2n) is 12.5. The summed E-state index contributed by atoms with van der Waals surface area (Å²) < 4.78 is 23.1. The summed E-state index contributed by atoms with van der Waals surface area (Å²) in [4.78, 5) is 41.9. The molecule has 0 radical (unpaired) electrons. The minimum absolute atomic E-state index is 0.0953. The molecular formula is C39H50N2O7. The number of nitrogens with one attached hydrogen (secondary N) is 1. The largest absolute Gasteiger partial charge is 0.493 e. The summed E-state index contributed by atoms with van der Waals surface area (Å²) in [5.74, 6) is 0.513. The Morgan fingerprint density at radius 1 is 0.917 bits per heavy atom. The first-order valence-corrected chi connectivity index (χ1v) is 16.8. The average molecular weight is 659 g/mol. The molecule has 1 aliphatic heterocycles. The van der Waals surface area contributed by atoms with Crippen LogP contribution in [0.5, 0.6) is 17.2 Å². The summed E-state index contributed by atoms with van der Waals surface area (Å²) in [6.45, 7) is 8.45. The quantitative estimate of drug-likeness (QED) is 0.196. The highest BCUT2D eigenvalue weighted by Gasteiger charge is 2.38. The number of amides is 2. The molecule has 1 N–H and O–H groups in total. The topological polar surface area (TPSA) is 103 Å². The minimum Gasteiger partial charge on any atom is -0.493 e. The number of methoxy groups -OCH3 is 2. The van der Waals surface area contributed by atoms with Crippen molar-refractivity contribution in [3.05, 3.63) is 88.0 Å². The van der Waals surface area contributed by atoms with Gasteiger partial charge in [0, 0.05) is 13.6 Å². The summed E-state index contributed by atoms with van der Waals surface area (Å²) in [6, 6.07) is 16.8. The zero-order valence-corrected chi connectivity index (χ0v) is 29.4. The zero-order valence-electron chi connectivity index (χ0n) is 29.4. The fourth-order valence-corrected chi connectivity index (χ4v) is 6.37. The smallest absolute Gasteiger partial charge is 0.329 e. The third-order valence-electron chi connectivity index (χ3n) is 9.26. The Labute approximate surface area is 284 Å². The zero-order chi connectivity index (χ0) is 34.8.